The summed E-state index contributed by atoms with van der Waals surface area (Å²) in [5, 5.41) is 15.1. The highest BCUT2D eigenvalue weighted by Gasteiger charge is 2.33. The van der Waals surface area contributed by atoms with E-state index in [9.17, 15) is 5.11 Å². The molecule has 0 fully saturated rings. The van der Waals surface area contributed by atoms with Gasteiger partial charge in [-0.15, -0.1) is 0 Å². The maximum absolute atomic E-state index is 10.5. The molecule has 0 saturated heterocycles. The second-order valence-electron chi connectivity index (χ2n) is 4.04. The predicted octanol–water partition coefficient (Wildman–Crippen LogP) is 1.13. The molecule has 5 nitrogen and oxygen atoms in total. The van der Waals surface area contributed by atoms with E-state index in [0.717, 1.165) is 6.42 Å². The third-order valence-electron chi connectivity index (χ3n) is 2.74. The van der Waals surface area contributed by atoms with E-state index in [0.29, 0.717) is 30.3 Å². The third kappa shape index (κ3) is 3.19. The molecule has 0 aliphatic rings. The summed E-state index contributed by atoms with van der Waals surface area (Å²) in [4.78, 5) is 0. The van der Waals surface area contributed by atoms with Crippen LogP contribution in [-0.2, 0) is 16.9 Å². The molecule has 0 spiro atoms. The van der Waals surface area contributed by atoms with Crippen molar-refractivity contribution in [3.8, 4) is 0 Å². The van der Waals surface area contributed by atoms with Crippen LogP contribution in [0.1, 0.15) is 25.5 Å². The summed E-state index contributed by atoms with van der Waals surface area (Å²) >= 11 is 6.08. The monoisotopic (exact) mass is 261 g/mol. The smallest absolute Gasteiger partial charge is 0.120 e. The van der Waals surface area contributed by atoms with Crippen molar-refractivity contribution in [1.29, 1.82) is 0 Å². The summed E-state index contributed by atoms with van der Waals surface area (Å²) in [5.74, 6) is 0. The zero-order chi connectivity index (χ0) is 12.9. The highest BCUT2D eigenvalue weighted by atomic mass is 35.5. The van der Waals surface area contributed by atoms with Crippen LogP contribution < -0.4 is 5.73 Å². The van der Waals surface area contributed by atoms with Crippen molar-refractivity contribution in [2.45, 2.75) is 31.9 Å². The summed E-state index contributed by atoms with van der Waals surface area (Å²) in [6.07, 6.45) is 2.91. The number of methoxy groups -OCH3 is 1. The molecule has 1 aromatic heterocycles. The molecule has 0 aromatic carbocycles. The average molecular weight is 262 g/mol. The van der Waals surface area contributed by atoms with Gasteiger partial charge in [0.25, 0.3) is 0 Å². The molecule has 98 valence electrons. The molecule has 1 atom stereocenters. The number of halogens is 1. The number of nitrogens with zero attached hydrogens (tertiary/aromatic N) is 2. The molecular formula is C11H20ClN3O2. The van der Waals surface area contributed by atoms with Gasteiger partial charge in [0.05, 0.1) is 30.1 Å². The Kier molecular flexibility index (Phi) is 5.39. The zero-order valence-corrected chi connectivity index (χ0v) is 11.1. The quantitative estimate of drug-likeness (QED) is 0.772. The standard InChI is InChI=1S/C11H20ClN3O2/c1-3-4-11(16,8-13)10-9(12)7-14-15(10)5-6-17-2/h7,16H,3-6,8,13H2,1-2H3. The van der Waals surface area contributed by atoms with E-state index in [2.05, 4.69) is 5.10 Å². The molecule has 0 radical (unpaired) electrons. The number of aromatic nitrogens is 2. The Morgan fingerprint density at radius 2 is 2.35 bits per heavy atom. The Balaban J connectivity index is 3.04. The molecule has 17 heavy (non-hydrogen) atoms. The number of hydrogen-bond donors (Lipinski definition) is 2. The highest BCUT2D eigenvalue weighted by Crippen LogP contribution is 2.31. The minimum atomic E-state index is -1.12. The van der Waals surface area contributed by atoms with Gasteiger partial charge in [0.1, 0.15) is 5.60 Å². The van der Waals surface area contributed by atoms with E-state index in [4.69, 9.17) is 22.1 Å². The van der Waals surface area contributed by atoms with Crippen LogP contribution in [-0.4, -0.2) is 35.1 Å². The first-order valence-electron chi connectivity index (χ1n) is 5.72. The summed E-state index contributed by atoms with van der Waals surface area (Å²) < 4.78 is 6.66. The Morgan fingerprint density at radius 3 is 2.88 bits per heavy atom. The fourth-order valence-corrected chi connectivity index (χ4v) is 2.22. The van der Waals surface area contributed by atoms with Crippen LogP contribution in [0, 0.1) is 0 Å². The van der Waals surface area contributed by atoms with Gasteiger partial charge >= 0.3 is 0 Å². The van der Waals surface area contributed by atoms with E-state index in [1.165, 1.54) is 6.20 Å². The lowest BCUT2D eigenvalue weighted by molar-refractivity contribution is 0.0255. The second kappa shape index (κ2) is 6.35. The normalized spacial score (nSPS) is 14.9. The Labute approximate surface area is 107 Å². The Hall–Kier alpha value is -0.620. The number of rotatable bonds is 7. The van der Waals surface area contributed by atoms with Gasteiger partial charge < -0.3 is 15.6 Å². The fourth-order valence-electron chi connectivity index (χ4n) is 1.90. The van der Waals surface area contributed by atoms with E-state index in [1.807, 2.05) is 6.92 Å². The molecule has 0 amide bonds. The lowest BCUT2D eigenvalue weighted by Gasteiger charge is -2.27. The van der Waals surface area contributed by atoms with Crippen LogP contribution in [0.3, 0.4) is 0 Å². The lowest BCUT2D eigenvalue weighted by atomic mass is 9.94. The maximum atomic E-state index is 10.5. The summed E-state index contributed by atoms with van der Waals surface area (Å²) in [5.41, 5.74) is 5.14. The van der Waals surface area contributed by atoms with Crippen molar-refractivity contribution in [2.75, 3.05) is 20.3 Å². The number of aliphatic hydroxyl groups is 1. The molecule has 0 bridgehead atoms. The Bertz CT molecular complexity index is 356. The van der Waals surface area contributed by atoms with Crippen LogP contribution in [0.25, 0.3) is 0 Å². The van der Waals surface area contributed by atoms with Crippen molar-refractivity contribution in [2.24, 2.45) is 5.73 Å². The van der Waals surface area contributed by atoms with E-state index < -0.39 is 5.60 Å². The molecule has 1 heterocycles. The fraction of sp³-hybridized carbons (Fsp3) is 0.727. The first-order valence-corrected chi connectivity index (χ1v) is 6.10. The van der Waals surface area contributed by atoms with Gasteiger partial charge in [0.2, 0.25) is 0 Å². The van der Waals surface area contributed by atoms with Gasteiger partial charge in [-0.05, 0) is 6.42 Å². The highest BCUT2D eigenvalue weighted by molar-refractivity contribution is 6.31. The largest absolute Gasteiger partial charge is 0.383 e. The average Bonchev–Trinajstić information content (AvgIpc) is 2.68. The van der Waals surface area contributed by atoms with Crippen molar-refractivity contribution in [3.63, 3.8) is 0 Å². The topological polar surface area (TPSA) is 73.3 Å². The second-order valence-corrected chi connectivity index (χ2v) is 4.45. The van der Waals surface area contributed by atoms with Crippen LogP contribution in [0.5, 0.6) is 0 Å². The van der Waals surface area contributed by atoms with Crippen molar-refractivity contribution >= 4 is 11.6 Å². The number of hydrogen-bond acceptors (Lipinski definition) is 4. The van der Waals surface area contributed by atoms with Crippen molar-refractivity contribution in [1.82, 2.24) is 9.78 Å². The summed E-state index contributed by atoms with van der Waals surface area (Å²) in [6.45, 7) is 3.17. The van der Waals surface area contributed by atoms with Gasteiger partial charge in [-0.2, -0.15) is 5.10 Å². The molecule has 0 saturated carbocycles. The minimum absolute atomic E-state index is 0.124. The Morgan fingerprint density at radius 1 is 1.65 bits per heavy atom. The van der Waals surface area contributed by atoms with E-state index in [1.54, 1.807) is 11.8 Å². The SMILES string of the molecule is CCCC(O)(CN)c1c(Cl)cnn1CCOC. The molecular weight excluding hydrogens is 242 g/mol. The van der Waals surface area contributed by atoms with Crippen molar-refractivity contribution in [3.05, 3.63) is 16.9 Å². The molecule has 1 aromatic rings. The number of nitrogens with two attached hydrogens (primary N) is 1. The number of ether oxygens (including phenoxy) is 1. The zero-order valence-electron chi connectivity index (χ0n) is 10.3. The molecule has 3 N–H and O–H groups in total. The first kappa shape index (κ1) is 14.4. The molecule has 0 aliphatic heterocycles. The van der Waals surface area contributed by atoms with E-state index >= 15 is 0 Å². The van der Waals surface area contributed by atoms with Crippen LogP contribution in [0.4, 0.5) is 0 Å². The van der Waals surface area contributed by atoms with Gasteiger partial charge in [0.15, 0.2) is 0 Å². The van der Waals surface area contributed by atoms with Gasteiger partial charge in [0, 0.05) is 13.7 Å². The van der Waals surface area contributed by atoms with Crippen molar-refractivity contribution < 1.29 is 9.84 Å². The predicted molar refractivity (Wildman–Crippen MR) is 67.0 cm³/mol. The maximum Gasteiger partial charge on any atom is 0.120 e. The summed E-state index contributed by atoms with van der Waals surface area (Å²) in [7, 11) is 1.62. The molecule has 6 heteroatoms. The van der Waals surface area contributed by atoms with Crippen LogP contribution in [0.2, 0.25) is 5.02 Å². The third-order valence-corrected chi connectivity index (χ3v) is 3.02. The molecule has 0 aliphatic carbocycles. The minimum Gasteiger partial charge on any atom is -0.383 e. The van der Waals surface area contributed by atoms with Crippen LogP contribution in [0.15, 0.2) is 6.20 Å². The molecule has 1 rings (SSSR count). The summed E-state index contributed by atoms with van der Waals surface area (Å²) in [6, 6.07) is 0. The van der Waals surface area contributed by atoms with Crippen LogP contribution >= 0.6 is 11.6 Å². The lowest BCUT2D eigenvalue weighted by Crippen LogP contribution is -2.37. The van der Waals surface area contributed by atoms with E-state index in [-0.39, 0.29) is 6.54 Å². The molecule has 1 unspecified atom stereocenters. The first-order chi connectivity index (χ1) is 8.09. The van der Waals surface area contributed by atoms with Gasteiger partial charge in [-0.1, -0.05) is 24.9 Å². The van der Waals surface area contributed by atoms with Gasteiger partial charge in [-0.25, -0.2) is 0 Å². The van der Waals surface area contributed by atoms with Gasteiger partial charge in [-0.3, -0.25) is 4.68 Å².